The number of thiol groups is 1. The number of carboxylic acid groups (broad SMARTS) is 1. The fourth-order valence-electron chi connectivity index (χ4n) is 3.56. The van der Waals surface area contributed by atoms with Gasteiger partial charge in [0.15, 0.2) is 0 Å². The Balaban J connectivity index is 2.26. The zero-order valence-corrected chi connectivity index (χ0v) is 23.1. The number of aromatic hydroxyl groups is 2. The van der Waals surface area contributed by atoms with Gasteiger partial charge in [0.25, 0.3) is 0 Å². The minimum Gasteiger partial charge on any atom is -0.508 e. The first-order valence-corrected chi connectivity index (χ1v) is 14.1. The minimum absolute atomic E-state index is 0.0112. The number of amides is 3. The van der Waals surface area contributed by atoms with Gasteiger partial charge in [0, 0.05) is 18.6 Å². The first-order valence-electron chi connectivity index (χ1n) is 12.1. The zero-order chi connectivity index (χ0) is 28.9. The van der Waals surface area contributed by atoms with Gasteiger partial charge < -0.3 is 37.0 Å². The van der Waals surface area contributed by atoms with E-state index in [-0.39, 0.29) is 36.5 Å². The van der Waals surface area contributed by atoms with Gasteiger partial charge in [0.1, 0.15) is 29.6 Å². The summed E-state index contributed by atoms with van der Waals surface area (Å²) in [5.41, 5.74) is 6.90. The molecule has 39 heavy (non-hydrogen) atoms. The van der Waals surface area contributed by atoms with Crippen LogP contribution in [0.5, 0.6) is 11.5 Å². The molecule has 0 radical (unpaired) electrons. The fraction of sp³-hybridized carbons (Fsp3) is 0.385. The monoisotopic (exact) mass is 578 g/mol. The van der Waals surface area contributed by atoms with Crippen LogP contribution in [0.4, 0.5) is 0 Å². The van der Waals surface area contributed by atoms with Crippen LogP contribution in [-0.2, 0) is 32.0 Å². The van der Waals surface area contributed by atoms with Crippen LogP contribution in [0.25, 0.3) is 0 Å². The zero-order valence-electron chi connectivity index (χ0n) is 21.4. The maximum atomic E-state index is 13.3. The summed E-state index contributed by atoms with van der Waals surface area (Å²) in [5.74, 6) is -2.57. The quantitative estimate of drug-likeness (QED) is 0.139. The van der Waals surface area contributed by atoms with Crippen molar-refractivity contribution in [2.75, 3.05) is 17.8 Å². The van der Waals surface area contributed by atoms with Crippen LogP contribution >= 0.6 is 24.4 Å². The first kappa shape index (κ1) is 31.8. The third-order valence-electron chi connectivity index (χ3n) is 5.78. The number of phenolic OH excluding ortho intramolecular Hbond substituents is 2. The summed E-state index contributed by atoms with van der Waals surface area (Å²) in [6.07, 6.45) is 2.04. The maximum Gasteiger partial charge on any atom is 0.326 e. The molecule has 4 unspecified atom stereocenters. The molecular weight excluding hydrogens is 544 g/mol. The van der Waals surface area contributed by atoms with E-state index in [4.69, 9.17) is 5.73 Å². The highest BCUT2D eigenvalue weighted by Crippen LogP contribution is 2.14. The summed E-state index contributed by atoms with van der Waals surface area (Å²) < 4.78 is 0. The van der Waals surface area contributed by atoms with Crippen molar-refractivity contribution in [3.8, 4) is 11.5 Å². The van der Waals surface area contributed by atoms with Crippen molar-refractivity contribution in [2.45, 2.75) is 43.4 Å². The number of benzene rings is 2. The molecule has 4 atom stereocenters. The molecule has 2 aromatic rings. The van der Waals surface area contributed by atoms with E-state index < -0.39 is 47.9 Å². The Morgan fingerprint density at radius 2 is 1.23 bits per heavy atom. The summed E-state index contributed by atoms with van der Waals surface area (Å²) in [4.78, 5) is 50.9. The molecule has 2 rings (SSSR count). The van der Waals surface area contributed by atoms with Crippen molar-refractivity contribution in [3.05, 3.63) is 59.7 Å². The molecule has 0 aliphatic rings. The number of nitrogens with two attached hydrogens (primary N) is 1. The van der Waals surface area contributed by atoms with E-state index in [9.17, 15) is 34.5 Å². The van der Waals surface area contributed by atoms with Crippen LogP contribution in [0, 0.1) is 0 Å². The number of thioether (sulfide) groups is 1. The second kappa shape index (κ2) is 15.9. The third kappa shape index (κ3) is 10.7. The smallest absolute Gasteiger partial charge is 0.326 e. The van der Waals surface area contributed by atoms with Gasteiger partial charge >= 0.3 is 5.97 Å². The van der Waals surface area contributed by atoms with E-state index in [2.05, 4.69) is 28.6 Å². The Hall–Kier alpha value is -3.42. The molecule has 0 aliphatic heterocycles. The molecule has 212 valence electrons. The van der Waals surface area contributed by atoms with E-state index in [1.165, 1.54) is 36.0 Å². The van der Waals surface area contributed by atoms with Crippen LogP contribution in [0.15, 0.2) is 48.5 Å². The van der Waals surface area contributed by atoms with Gasteiger partial charge in [-0.25, -0.2) is 4.79 Å². The van der Waals surface area contributed by atoms with Crippen molar-refractivity contribution in [1.29, 1.82) is 0 Å². The SMILES string of the molecule is CSCCC(NC(=O)C(N)CS)C(=O)NC(Cc1ccc(O)cc1)C(=O)NC(Cc1ccc(O)cc1)C(=O)O. The average Bonchev–Trinajstić information content (AvgIpc) is 2.91. The predicted octanol–water partition coefficient (Wildman–Crippen LogP) is 0.432. The van der Waals surface area contributed by atoms with E-state index >= 15 is 0 Å². The van der Waals surface area contributed by atoms with Crippen LogP contribution in [0.1, 0.15) is 17.5 Å². The molecule has 0 fully saturated rings. The van der Waals surface area contributed by atoms with Crippen molar-refractivity contribution < 1.29 is 34.5 Å². The van der Waals surface area contributed by atoms with Gasteiger partial charge in [-0.15, -0.1) is 0 Å². The van der Waals surface area contributed by atoms with Crippen LogP contribution in [0.3, 0.4) is 0 Å². The summed E-state index contributed by atoms with van der Waals surface area (Å²) in [6.45, 7) is 0. The first-order chi connectivity index (χ1) is 18.5. The lowest BCUT2D eigenvalue weighted by Crippen LogP contribution is -2.58. The number of hydrogen-bond acceptors (Lipinski definition) is 9. The molecular formula is C26H34N4O7S2. The van der Waals surface area contributed by atoms with E-state index in [1.54, 1.807) is 24.3 Å². The number of aliphatic carboxylic acids is 1. The highest BCUT2D eigenvalue weighted by molar-refractivity contribution is 7.98. The summed E-state index contributed by atoms with van der Waals surface area (Å²) >= 11 is 5.48. The van der Waals surface area contributed by atoms with Crippen molar-refractivity contribution >= 4 is 48.1 Å². The normalized spacial score (nSPS) is 13.9. The molecule has 0 aliphatic carbocycles. The van der Waals surface area contributed by atoms with Crippen molar-refractivity contribution in [1.82, 2.24) is 16.0 Å². The fourth-order valence-corrected chi connectivity index (χ4v) is 4.19. The molecule has 13 heteroatoms. The van der Waals surface area contributed by atoms with Crippen molar-refractivity contribution in [2.24, 2.45) is 5.73 Å². The second-order valence-electron chi connectivity index (χ2n) is 8.83. The number of carbonyl (C=O) groups is 4. The highest BCUT2D eigenvalue weighted by atomic mass is 32.2. The number of rotatable bonds is 15. The number of hydrogen-bond donors (Lipinski definition) is 8. The lowest BCUT2D eigenvalue weighted by Gasteiger charge is -2.25. The van der Waals surface area contributed by atoms with Gasteiger partial charge in [-0.3, -0.25) is 14.4 Å². The van der Waals surface area contributed by atoms with Gasteiger partial charge in [-0.05, 0) is 53.8 Å². The molecule has 0 aromatic heterocycles. The average molecular weight is 579 g/mol. The Labute approximate surface area is 236 Å². The molecule has 2 aromatic carbocycles. The molecule has 0 heterocycles. The highest BCUT2D eigenvalue weighted by Gasteiger charge is 2.30. The number of carboxylic acids is 1. The molecule has 0 spiro atoms. The van der Waals surface area contributed by atoms with Gasteiger partial charge in [0.2, 0.25) is 17.7 Å². The Morgan fingerprint density at radius 3 is 1.69 bits per heavy atom. The predicted molar refractivity (Wildman–Crippen MR) is 152 cm³/mol. The number of phenols is 2. The molecule has 11 nitrogen and oxygen atoms in total. The molecule has 0 saturated heterocycles. The molecule has 0 saturated carbocycles. The maximum absolute atomic E-state index is 13.3. The van der Waals surface area contributed by atoms with Crippen LogP contribution in [0.2, 0.25) is 0 Å². The standard InChI is InChI=1S/C26H34N4O7S2/c1-39-11-10-20(28-23(33)19(27)14-38)24(34)29-21(12-15-2-6-17(31)7-3-15)25(35)30-22(26(36)37)13-16-4-8-18(32)9-5-16/h2-9,19-22,31-32,38H,10-14,27H2,1H3,(H,28,33)(H,29,34)(H,30,35)(H,36,37). The molecule has 8 N–H and O–H groups in total. The summed E-state index contributed by atoms with van der Waals surface area (Å²) in [5, 5.41) is 36.5. The number of nitrogens with one attached hydrogen (secondary N) is 3. The second-order valence-corrected chi connectivity index (χ2v) is 10.2. The van der Waals surface area contributed by atoms with Crippen LogP contribution in [-0.4, -0.2) is 80.9 Å². The summed E-state index contributed by atoms with van der Waals surface area (Å²) in [7, 11) is 0. The minimum atomic E-state index is -1.32. The van der Waals surface area contributed by atoms with Crippen LogP contribution < -0.4 is 21.7 Å². The van der Waals surface area contributed by atoms with Gasteiger partial charge in [-0.2, -0.15) is 24.4 Å². The lowest BCUT2D eigenvalue weighted by molar-refractivity contribution is -0.142. The molecule has 3 amide bonds. The Bertz CT molecular complexity index is 1120. The Kier molecular flexibility index (Phi) is 12.9. The third-order valence-corrected chi connectivity index (χ3v) is 6.81. The lowest BCUT2D eigenvalue weighted by atomic mass is 10.0. The largest absolute Gasteiger partial charge is 0.508 e. The Morgan fingerprint density at radius 1 is 0.795 bits per heavy atom. The van der Waals surface area contributed by atoms with Gasteiger partial charge in [0.05, 0.1) is 6.04 Å². The van der Waals surface area contributed by atoms with Crippen molar-refractivity contribution in [3.63, 3.8) is 0 Å². The van der Waals surface area contributed by atoms with E-state index in [0.717, 1.165) is 0 Å². The molecule has 0 bridgehead atoms. The number of carbonyl (C=O) groups excluding carboxylic acids is 3. The van der Waals surface area contributed by atoms with E-state index in [1.807, 2.05) is 6.26 Å². The summed E-state index contributed by atoms with van der Waals surface area (Å²) in [6, 6.07) is 7.48. The topological polar surface area (TPSA) is 191 Å². The van der Waals surface area contributed by atoms with E-state index in [0.29, 0.717) is 16.9 Å². The van der Waals surface area contributed by atoms with Gasteiger partial charge in [-0.1, -0.05) is 24.3 Å².